The molecule has 9 heteroatoms. The minimum atomic E-state index is -3.61. The largest absolute Gasteiger partial charge is 0.496 e. The highest BCUT2D eigenvalue weighted by Gasteiger charge is 2.36. The molecule has 0 bridgehead atoms. The summed E-state index contributed by atoms with van der Waals surface area (Å²) in [5, 5.41) is 3.27. The summed E-state index contributed by atoms with van der Waals surface area (Å²) < 4.78 is 34.1. The van der Waals surface area contributed by atoms with E-state index in [0.29, 0.717) is 29.7 Å². The van der Waals surface area contributed by atoms with Crippen LogP contribution in [0.2, 0.25) is 4.34 Å². The molecular weight excluding hydrogens is 403 g/mol. The van der Waals surface area contributed by atoms with E-state index in [0.717, 1.165) is 22.5 Å². The van der Waals surface area contributed by atoms with Gasteiger partial charge < -0.3 is 10.1 Å². The van der Waals surface area contributed by atoms with Gasteiger partial charge in [-0.25, -0.2) is 8.42 Å². The monoisotopic (exact) mass is 422 g/mol. The Bertz CT molecular complexity index is 820. The summed E-state index contributed by atoms with van der Waals surface area (Å²) in [5.41, 5.74) is 1.64. The molecule has 0 saturated carbocycles. The van der Waals surface area contributed by atoms with Gasteiger partial charge in [-0.1, -0.05) is 29.8 Å². The van der Waals surface area contributed by atoms with Crippen LogP contribution in [-0.4, -0.2) is 39.5 Å². The molecule has 1 atom stereocenters. The van der Waals surface area contributed by atoms with E-state index in [1.165, 1.54) is 0 Å². The Morgan fingerprint density at radius 3 is 2.72 bits per heavy atom. The lowest BCUT2D eigenvalue weighted by Gasteiger charge is -2.35. The molecule has 25 heavy (non-hydrogen) atoms. The maximum Gasteiger partial charge on any atom is 0.253 e. The molecule has 0 spiro atoms. The molecule has 138 valence electrons. The number of aryl methyl sites for hydroxylation is 1. The number of ether oxygens (including phenoxy) is 1. The number of piperazine rings is 1. The van der Waals surface area contributed by atoms with Crippen molar-refractivity contribution in [2.24, 2.45) is 0 Å². The van der Waals surface area contributed by atoms with Crippen LogP contribution in [0.15, 0.2) is 34.5 Å². The highest BCUT2D eigenvalue weighted by atomic mass is 35.5. The second kappa shape index (κ2) is 8.24. The number of thiophene rings is 1. The van der Waals surface area contributed by atoms with Gasteiger partial charge in [-0.05, 0) is 24.6 Å². The van der Waals surface area contributed by atoms with Gasteiger partial charge in [-0.2, -0.15) is 4.31 Å². The van der Waals surface area contributed by atoms with Crippen molar-refractivity contribution in [3.05, 3.63) is 45.8 Å². The van der Waals surface area contributed by atoms with Crippen LogP contribution in [-0.2, 0) is 10.0 Å². The molecule has 1 aliphatic heterocycles. The highest BCUT2D eigenvalue weighted by Crippen LogP contribution is 2.37. The van der Waals surface area contributed by atoms with E-state index < -0.39 is 10.0 Å². The molecule has 1 aromatic carbocycles. The molecule has 5 nitrogen and oxygen atoms in total. The Labute approximate surface area is 163 Å². The van der Waals surface area contributed by atoms with Gasteiger partial charge in [0.2, 0.25) is 0 Å². The summed E-state index contributed by atoms with van der Waals surface area (Å²) in [6.07, 6.45) is 0. The van der Waals surface area contributed by atoms with E-state index in [1.54, 1.807) is 17.5 Å². The zero-order valence-electron chi connectivity index (χ0n) is 13.9. The van der Waals surface area contributed by atoms with E-state index in [2.05, 4.69) is 5.32 Å². The summed E-state index contributed by atoms with van der Waals surface area (Å²) in [4.78, 5) is 0. The number of nitrogens with zero attached hydrogens (tertiary/aromatic N) is 1. The molecule has 1 unspecified atom stereocenters. The van der Waals surface area contributed by atoms with Crippen LogP contribution < -0.4 is 10.1 Å². The average molecular weight is 423 g/mol. The number of sulfonamides is 1. The van der Waals surface area contributed by atoms with Crippen molar-refractivity contribution >= 4 is 45.4 Å². The second-order valence-electron chi connectivity index (χ2n) is 5.60. The first-order valence-electron chi connectivity index (χ1n) is 7.56. The summed E-state index contributed by atoms with van der Waals surface area (Å²) in [5.74, 6) is 0.687. The Morgan fingerprint density at radius 2 is 2.08 bits per heavy atom. The number of hydrogen-bond acceptors (Lipinski definition) is 5. The van der Waals surface area contributed by atoms with Crippen LogP contribution in [0.3, 0.4) is 0 Å². The third-order valence-electron chi connectivity index (χ3n) is 4.09. The Balaban J connectivity index is 0.00000225. The first kappa shape index (κ1) is 20.5. The van der Waals surface area contributed by atoms with Gasteiger partial charge in [0.25, 0.3) is 10.0 Å². The lowest BCUT2D eigenvalue weighted by atomic mass is 10.0. The fourth-order valence-electron chi connectivity index (χ4n) is 2.85. The number of benzene rings is 1. The van der Waals surface area contributed by atoms with Crippen molar-refractivity contribution in [2.75, 3.05) is 26.7 Å². The van der Waals surface area contributed by atoms with Crippen LogP contribution in [0, 0.1) is 6.92 Å². The van der Waals surface area contributed by atoms with Crippen molar-refractivity contribution in [3.63, 3.8) is 0 Å². The number of hydrogen-bond donors (Lipinski definition) is 1. The standard InChI is InChI=1S/C16H19ClN2O3S2.ClH/c1-11-9-15(23-16(11)17)24(20,21)19-8-7-18-10-13(19)12-5-3-4-6-14(12)22-2;/h3-6,9,13,18H,7-8,10H2,1-2H3;1H. The summed E-state index contributed by atoms with van der Waals surface area (Å²) in [7, 11) is -2.02. The van der Waals surface area contributed by atoms with E-state index in [-0.39, 0.29) is 22.7 Å². The molecule has 0 aliphatic carbocycles. The van der Waals surface area contributed by atoms with Gasteiger partial charge in [0.15, 0.2) is 0 Å². The van der Waals surface area contributed by atoms with E-state index in [4.69, 9.17) is 16.3 Å². The Morgan fingerprint density at radius 1 is 1.36 bits per heavy atom. The zero-order chi connectivity index (χ0) is 17.3. The van der Waals surface area contributed by atoms with Crippen LogP contribution in [0.4, 0.5) is 0 Å². The SMILES string of the molecule is COc1ccccc1C1CNCCN1S(=O)(=O)c1cc(C)c(Cl)s1.Cl. The zero-order valence-corrected chi connectivity index (χ0v) is 17.1. The molecule has 1 fully saturated rings. The molecule has 0 amide bonds. The molecule has 1 aliphatic rings. The molecule has 2 aromatic rings. The van der Waals surface area contributed by atoms with Gasteiger partial charge in [-0.15, -0.1) is 23.7 Å². The van der Waals surface area contributed by atoms with Crippen molar-refractivity contribution in [3.8, 4) is 5.75 Å². The molecule has 1 saturated heterocycles. The minimum absolute atomic E-state index is 0. The van der Waals surface area contributed by atoms with Crippen molar-refractivity contribution in [2.45, 2.75) is 17.2 Å². The number of para-hydroxylation sites is 1. The molecular formula is C16H20Cl2N2O3S2. The third-order valence-corrected chi connectivity index (χ3v) is 8.00. The summed E-state index contributed by atoms with van der Waals surface area (Å²) in [6.45, 7) is 3.37. The molecule has 3 rings (SSSR count). The van der Waals surface area contributed by atoms with Gasteiger partial charge in [0.05, 0.1) is 17.5 Å². The number of halogens is 2. The fourth-order valence-corrected chi connectivity index (χ4v) is 6.30. The van der Waals surface area contributed by atoms with Gasteiger partial charge in [0, 0.05) is 25.2 Å². The summed E-state index contributed by atoms with van der Waals surface area (Å²) >= 11 is 7.18. The van der Waals surface area contributed by atoms with Gasteiger partial charge in [0.1, 0.15) is 9.96 Å². The lowest BCUT2D eigenvalue weighted by Crippen LogP contribution is -2.48. The normalized spacial score (nSPS) is 18.6. The average Bonchev–Trinajstić information content (AvgIpc) is 2.94. The quantitative estimate of drug-likeness (QED) is 0.818. The van der Waals surface area contributed by atoms with Crippen LogP contribution >= 0.6 is 35.3 Å². The molecule has 1 aromatic heterocycles. The first-order valence-corrected chi connectivity index (χ1v) is 10.2. The van der Waals surface area contributed by atoms with Gasteiger partial charge >= 0.3 is 0 Å². The molecule has 0 radical (unpaired) electrons. The molecule has 1 N–H and O–H groups in total. The number of nitrogens with one attached hydrogen (secondary N) is 1. The van der Waals surface area contributed by atoms with E-state index in [1.807, 2.05) is 31.2 Å². The highest BCUT2D eigenvalue weighted by molar-refractivity contribution is 7.91. The van der Waals surface area contributed by atoms with Crippen molar-refractivity contribution < 1.29 is 13.2 Å². The Kier molecular flexibility index (Phi) is 6.75. The van der Waals surface area contributed by atoms with Crippen molar-refractivity contribution in [1.82, 2.24) is 9.62 Å². The van der Waals surface area contributed by atoms with E-state index in [9.17, 15) is 8.42 Å². The number of rotatable bonds is 4. The smallest absolute Gasteiger partial charge is 0.253 e. The van der Waals surface area contributed by atoms with E-state index >= 15 is 0 Å². The maximum atomic E-state index is 13.1. The third kappa shape index (κ3) is 3.97. The van der Waals surface area contributed by atoms with Gasteiger partial charge in [-0.3, -0.25) is 0 Å². The van der Waals surface area contributed by atoms with Crippen molar-refractivity contribution in [1.29, 1.82) is 0 Å². The van der Waals surface area contributed by atoms with Crippen LogP contribution in [0.5, 0.6) is 5.75 Å². The summed E-state index contributed by atoms with van der Waals surface area (Å²) in [6, 6.07) is 8.85. The fraction of sp³-hybridized carbons (Fsp3) is 0.375. The Hall–Kier alpha value is -0.830. The van der Waals surface area contributed by atoms with Crippen LogP contribution in [0.25, 0.3) is 0 Å². The molecule has 2 heterocycles. The predicted octanol–water partition coefficient (Wildman–Crippen LogP) is 3.48. The topological polar surface area (TPSA) is 58.6 Å². The minimum Gasteiger partial charge on any atom is -0.496 e. The number of methoxy groups -OCH3 is 1. The maximum absolute atomic E-state index is 13.1. The second-order valence-corrected chi connectivity index (χ2v) is 9.37. The predicted molar refractivity (Wildman–Crippen MR) is 104 cm³/mol. The lowest BCUT2D eigenvalue weighted by molar-refractivity contribution is 0.265. The first-order chi connectivity index (χ1) is 11.4. The van der Waals surface area contributed by atoms with Crippen LogP contribution in [0.1, 0.15) is 17.2 Å².